The minimum absolute atomic E-state index is 0.195. The maximum atomic E-state index is 13.2. The number of nitrogens with zero attached hydrogens (tertiary/aromatic N) is 3. The van der Waals surface area contributed by atoms with Gasteiger partial charge in [-0.2, -0.15) is 5.10 Å². The highest BCUT2D eigenvalue weighted by Gasteiger charge is 2.15. The molecule has 0 aliphatic carbocycles. The molecule has 0 saturated heterocycles. The third kappa shape index (κ3) is 3.10. The first-order chi connectivity index (χ1) is 14.2. The maximum absolute atomic E-state index is 13.2. The van der Waals surface area contributed by atoms with E-state index >= 15 is 0 Å². The van der Waals surface area contributed by atoms with Gasteiger partial charge in [-0.1, -0.05) is 24.3 Å². The Bertz CT molecular complexity index is 1360. The van der Waals surface area contributed by atoms with E-state index in [2.05, 4.69) is 25.5 Å². The molecule has 0 fully saturated rings. The number of anilines is 1. The number of amides is 1. The van der Waals surface area contributed by atoms with E-state index in [4.69, 9.17) is 0 Å². The lowest BCUT2D eigenvalue weighted by Gasteiger charge is -2.11. The standard InChI is InChI=1S/C23H17N5O/c1-14-10-15(11-21-18(14)13-25-28-21)26-23(29)17-12-22(20-8-4-5-9-24-20)27-19-7-3-2-6-16(17)19/h2-13H,1H3,(H,25,28)(H,26,29). The molecule has 1 amide bonds. The second kappa shape index (κ2) is 6.83. The van der Waals surface area contributed by atoms with Gasteiger partial charge in [0.1, 0.15) is 0 Å². The van der Waals surface area contributed by atoms with Gasteiger partial charge in [0.2, 0.25) is 0 Å². The summed E-state index contributed by atoms with van der Waals surface area (Å²) in [5.74, 6) is -0.195. The molecule has 0 spiro atoms. The summed E-state index contributed by atoms with van der Waals surface area (Å²) in [5, 5.41) is 11.9. The number of H-pyrrole nitrogens is 1. The van der Waals surface area contributed by atoms with Crippen LogP contribution in [0.5, 0.6) is 0 Å². The number of hydrogen-bond donors (Lipinski definition) is 2. The first-order valence-corrected chi connectivity index (χ1v) is 9.25. The molecule has 2 N–H and O–H groups in total. The molecule has 0 bridgehead atoms. The lowest BCUT2D eigenvalue weighted by Crippen LogP contribution is -2.13. The summed E-state index contributed by atoms with van der Waals surface area (Å²) >= 11 is 0. The summed E-state index contributed by atoms with van der Waals surface area (Å²) in [6.45, 7) is 1.99. The molecule has 0 aliphatic rings. The van der Waals surface area contributed by atoms with Crippen LogP contribution >= 0.6 is 0 Å². The van der Waals surface area contributed by atoms with Crippen LogP contribution in [0.15, 0.2) is 73.1 Å². The molecule has 140 valence electrons. The van der Waals surface area contributed by atoms with E-state index in [9.17, 15) is 4.79 Å². The SMILES string of the molecule is Cc1cc(NC(=O)c2cc(-c3ccccn3)nc3ccccc23)cc2[nH]ncc12. The number of para-hydroxylation sites is 1. The average Bonchev–Trinajstić information content (AvgIpc) is 3.23. The van der Waals surface area contributed by atoms with Crippen molar-refractivity contribution in [3.8, 4) is 11.4 Å². The summed E-state index contributed by atoms with van der Waals surface area (Å²) < 4.78 is 0. The molecule has 29 heavy (non-hydrogen) atoms. The molecule has 6 heteroatoms. The number of nitrogens with one attached hydrogen (secondary N) is 2. The fourth-order valence-electron chi connectivity index (χ4n) is 3.51. The highest BCUT2D eigenvalue weighted by Crippen LogP contribution is 2.26. The molecule has 0 atom stereocenters. The first-order valence-electron chi connectivity index (χ1n) is 9.25. The van der Waals surface area contributed by atoms with Crippen molar-refractivity contribution in [2.24, 2.45) is 0 Å². The molecule has 5 rings (SSSR count). The Morgan fingerprint density at radius 2 is 1.83 bits per heavy atom. The average molecular weight is 379 g/mol. The van der Waals surface area contributed by atoms with E-state index < -0.39 is 0 Å². The Labute approximate surface area is 166 Å². The zero-order valence-corrected chi connectivity index (χ0v) is 15.7. The zero-order chi connectivity index (χ0) is 19.8. The van der Waals surface area contributed by atoms with Gasteiger partial charge >= 0.3 is 0 Å². The molecule has 0 radical (unpaired) electrons. The molecule has 0 saturated carbocycles. The van der Waals surface area contributed by atoms with Gasteiger partial charge in [-0.3, -0.25) is 14.9 Å². The van der Waals surface area contributed by atoms with Crippen LogP contribution in [0, 0.1) is 6.92 Å². The summed E-state index contributed by atoms with van der Waals surface area (Å²) in [4.78, 5) is 22.3. The van der Waals surface area contributed by atoms with Crippen LogP contribution in [-0.2, 0) is 0 Å². The molecule has 0 unspecified atom stereocenters. The first kappa shape index (κ1) is 17.1. The topological polar surface area (TPSA) is 83.6 Å². The Hall–Kier alpha value is -4.06. The Balaban J connectivity index is 1.60. The monoisotopic (exact) mass is 379 g/mol. The molecular formula is C23H17N5O. The van der Waals surface area contributed by atoms with E-state index in [1.54, 1.807) is 18.5 Å². The highest BCUT2D eigenvalue weighted by atomic mass is 16.1. The van der Waals surface area contributed by atoms with Crippen LogP contribution in [0.3, 0.4) is 0 Å². The largest absolute Gasteiger partial charge is 0.322 e. The number of fused-ring (bicyclic) bond motifs is 2. The number of rotatable bonds is 3. The number of carbonyl (C=O) groups excluding carboxylic acids is 1. The summed E-state index contributed by atoms with van der Waals surface area (Å²) in [5.41, 5.74) is 5.33. The molecule has 0 aliphatic heterocycles. The van der Waals surface area contributed by atoms with Gasteiger partial charge in [-0.15, -0.1) is 0 Å². The lowest BCUT2D eigenvalue weighted by atomic mass is 10.0. The highest BCUT2D eigenvalue weighted by molar-refractivity contribution is 6.13. The van der Waals surface area contributed by atoms with Gasteiger partial charge in [0.05, 0.1) is 34.2 Å². The maximum Gasteiger partial charge on any atom is 0.256 e. The van der Waals surface area contributed by atoms with Crippen molar-refractivity contribution in [1.82, 2.24) is 20.2 Å². The molecule has 3 heterocycles. The quantitative estimate of drug-likeness (QED) is 0.474. The molecule has 3 aromatic heterocycles. The van der Waals surface area contributed by atoms with Gasteiger partial charge in [0.25, 0.3) is 5.91 Å². The van der Waals surface area contributed by atoms with E-state index in [1.807, 2.05) is 61.5 Å². The second-order valence-corrected chi connectivity index (χ2v) is 6.87. The van der Waals surface area contributed by atoms with Crippen LogP contribution in [0.2, 0.25) is 0 Å². The number of aromatic nitrogens is 4. The number of pyridine rings is 2. The van der Waals surface area contributed by atoms with Crippen molar-refractivity contribution < 1.29 is 4.79 Å². The molecule has 2 aromatic carbocycles. The minimum atomic E-state index is -0.195. The number of benzene rings is 2. The van der Waals surface area contributed by atoms with Crippen LogP contribution in [0.25, 0.3) is 33.2 Å². The normalized spacial score (nSPS) is 11.1. The number of carbonyl (C=O) groups is 1. The van der Waals surface area contributed by atoms with Crippen molar-refractivity contribution in [3.05, 3.63) is 84.2 Å². The summed E-state index contributed by atoms with van der Waals surface area (Å²) in [6, 6.07) is 18.9. The number of aromatic amines is 1. The van der Waals surface area contributed by atoms with E-state index in [0.29, 0.717) is 16.9 Å². The molecule has 5 aromatic rings. The van der Waals surface area contributed by atoms with Gasteiger partial charge in [-0.05, 0) is 48.9 Å². The van der Waals surface area contributed by atoms with Crippen molar-refractivity contribution in [2.45, 2.75) is 6.92 Å². The van der Waals surface area contributed by atoms with Crippen molar-refractivity contribution in [1.29, 1.82) is 0 Å². The van der Waals surface area contributed by atoms with Gasteiger partial charge < -0.3 is 5.32 Å². The summed E-state index contributed by atoms with van der Waals surface area (Å²) in [7, 11) is 0. The Kier molecular flexibility index (Phi) is 4.02. The summed E-state index contributed by atoms with van der Waals surface area (Å²) in [6.07, 6.45) is 3.50. The van der Waals surface area contributed by atoms with Crippen LogP contribution in [0.4, 0.5) is 5.69 Å². The predicted octanol–water partition coefficient (Wildman–Crippen LogP) is 4.73. The predicted molar refractivity (Wildman–Crippen MR) is 114 cm³/mol. The van der Waals surface area contributed by atoms with Crippen LogP contribution < -0.4 is 5.32 Å². The van der Waals surface area contributed by atoms with Crippen LogP contribution in [-0.4, -0.2) is 26.1 Å². The molecular weight excluding hydrogens is 362 g/mol. The Morgan fingerprint density at radius 1 is 0.966 bits per heavy atom. The third-order valence-electron chi connectivity index (χ3n) is 4.91. The molecule has 6 nitrogen and oxygen atoms in total. The Morgan fingerprint density at radius 3 is 2.69 bits per heavy atom. The van der Waals surface area contributed by atoms with E-state index in [1.165, 1.54) is 0 Å². The number of aryl methyl sites for hydroxylation is 1. The van der Waals surface area contributed by atoms with E-state index in [-0.39, 0.29) is 5.91 Å². The van der Waals surface area contributed by atoms with E-state index in [0.717, 1.165) is 33.1 Å². The second-order valence-electron chi connectivity index (χ2n) is 6.87. The number of hydrogen-bond acceptors (Lipinski definition) is 4. The van der Waals surface area contributed by atoms with Crippen molar-refractivity contribution >= 4 is 33.4 Å². The lowest BCUT2D eigenvalue weighted by molar-refractivity contribution is 0.102. The minimum Gasteiger partial charge on any atom is -0.322 e. The fraction of sp³-hybridized carbons (Fsp3) is 0.0435. The van der Waals surface area contributed by atoms with Gasteiger partial charge in [0, 0.05) is 22.7 Å². The smallest absolute Gasteiger partial charge is 0.256 e. The fourth-order valence-corrected chi connectivity index (χ4v) is 3.51. The van der Waals surface area contributed by atoms with Gasteiger partial charge in [-0.25, -0.2) is 4.98 Å². The van der Waals surface area contributed by atoms with Crippen molar-refractivity contribution in [2.75, 3.05) is 5.32 Å². The third-order valence-corrected chi connectivity index (χ3v) is 4.91. The van der Waals surface area contributed by atoms with Crippen molar-refractivity contribution in [3.63, 3.8) is 0 Å². The zero-order valence-electron chi connectivity index (χ0n) is 15.7. The van der Waals surface area contributed by atoms with Gasteiger partial charge in [0.15, 0.2) is 0 Å². The van der Waals surface area contributed by atoms with Crippen LogP contribution in [0.1, 0.15) is 15.9 Å².